The summed E-state index contributed by atoms with van der Waals surface area (Å²) in [5.41, 5.74) is 8.71. The van der Waals surface area contributed by atoms with Gasteiger partial charge in [-0.05, 0) is 81.8 Å². The van der Waals surface area contributed by atoms with Gasteiger partial charge in [-0.3, -0.25) is 0 Å². The van der Waals surface area contributed by atoms with Crippen LogP contribution in [0.25, 0.3) is 17.2 Å². The fraction of sp³-hybridized carbons (Fsp3) is 0.0556. The van der Waals surface area contributed by atoms with Gasteiger partial charge in [0.15, 0.2) is 0 Å². The zero-order valence-corrected chi connectivity index (χ0v) is 24.0. The van der Waals surface area contributed by atoms with Crippen LogP contribution < -0.4 is 4.72 Å². The fourth-order valence-electron chi connectivity index (χ4n) is 5.35. The highest BCUT2D eigenvalue weighted by molar-refractivity contribution is 7.89. The van der Waals surface area contributed by atoms with Gasteiger partial charge in [-0.2, -0.15) is 4.72 Å². The van der Waals surface area contributed by atoms with Crippen LogP contribution >= 0.6 is 11.6 Å². The predicted octanol–water partition coefficient (Wildman–Crippen LogP) is 8.72. The predicted molar refractivity (Wildman–Crippen MR) is 169 cm³/mol. The first-order chi connectivity index (χ1) is 19.9. The van der Waals surface area contributed by atoms with E-state index in [1.165, 1.54) is 0 Å². The molecule has 5 aromatic carbocycles. The number of hydrogen-bond acceptors (Lipinski definition) is 2. The Hall–Kier alpha value is -4.22. The molecule has 1 aliphatic carbocycles. The summed E-state index contributed by atoms with van der Waals surface area (Å²) in [6.07, 6.45) is 2.11. The summed E-state index contributed by atoms with van der Waals surface area (Å²) >= 11 is 6.21. The van der Waals surface area contributed by atoms with Gasteiger partial charge in [-0.1, -0.05) is 126 Å². The van der Waals surface area contributed by atoms with Crippen molar-refractivity contribution in [3.05, 3.63) is 177 Å². The molecule has 0 aliphatic heterocycles. The van der Waals surface area contributed by atoms with Crippen molar-refractivity contribution in [2.75, 3.05) is 0 Å². The molecule has 5 aromatic rings. The molecule has 1 atom stereocenters. The lowest BCUT2D eigenvalue weighted by molar-refractivity contribution is 0.573. The van der Waals surface area contributed by atoms with Gasteiger partial charge in [0.25, 0.3) is 0 Å². The minimum atomic E-state index is -3.86. The SMILES string of the molecule is Cc1ccc(S(=O)(=O)NC2C(/C(=C/c3ccc(Cl)cc3)c3ccccc3)=C(c3ccccc3)c3ccccc32)cc1. The second-order valence-electron chi connectivity index (χ2n) is 10.1. The van der Waals surface area contributed by atoms with Crippen LogP contribution in [0.4, 0.5) is 0 Å². The van der Waals surface area contributed by atoms with Gasteiger partial charge in [-0.25, -0.2) is 8.42 Å². The molecule has 6 rings (SSSR count). The highest BCUT2D eigenvalue weighted by atomic mass is 35.5. The highest BCUT2D eigenvalue weighted by Crippen LogP contribution is 2.50. The summed E-state index contributed by atoms with van der Waals surface area (Å²) in [7, 11) is -3.86. The van der Waals surface area contributed by atoms with Crippen LogP contribution in [0.2, 0.25) is 5.02 Å². The lowest BCUT2D eigenvalue weighted by Crippen LogP contribution is -2.29. The van der Waals surface area contributed by atoms with E-state index in [9.17, 15) is 8.42 Å². The number of rotatable bonds is 7. The van der Waals surface area contributed by atoms with E-state index in [1.54, 1.807) is 12.1 Å². The van der Waals surface area contributed by atoms with Crippen LogP contribution in [0, 0.1) is 6.92 Å². The zero-order chi connectivity index (χ0) is 28.4. The zero-order valence-electron chi connectivity index (χ0n) is 22.5. The summed E-state index contributed by atoms with van der Waals surface area (Å²) in [6, 6.07) is 42.3. The summed E-state index contributed by atoms with van der Waals surface area (Å²) < 4.78 is 30.9. The van der Waals surface area contributed by atoms with Gasteiger partial charge in [0.2, 0.25) is 10.0 Å². The minimum Gasteiger partial charge on any atom is -0.207 e. The molecule has 41 heavy (non-hydrogen) atoms. The lowest BCUT2D eigenvalue weighted by atomic mass is 9.88. The average Bonchev–Trinajstić information content (AvgIpc) is 3.31. The third kappa shape index (κ3) is 5.55. The first-order valence-electron chi connectivity index (χ1n) is 13.4. The second kappa shape index (κ2) is 11.3. The van der Waals surface area contributed by atoms with Crippen molar-refractivity contribution in [3.8, 4) is 0 Å². The molecule has 0 aromatic heterocycles. The first kappa shape index (κ1) is 27.0. The summed E-state index contributed by atoms with van der Waals surface area (Å²) in [4.78, 5) is 0.232. The van der Waals surface area contributed by atoms with Gasteiger partial charge < -0.3 is 0 Å². The molecule has 0 fully saturated rings. The van der Waals surface area contributed by atoms with Crippen molar-refractivity contribution in [3.63, 3.8) is 0 Å². The maximum Gasteiger partial charge on any atom is 0.241 e. The Bertz CT molecular complexity index is 1860. The molecule has 0 spiro atoms. The van der Waals surface area contributed by atoms with Crippen molar-refractivity contribution in [1.29, 1.82) is 0 Å². The Morgan fingerprint density at radius 3 is 2.02 bits per heavy atom. The van der Waals surface area contributed by atoms with E-state index in [-0.39, 0.29) is 4.90 Å². The van der Waals surface area contributed by atoms with Crippen LogP contribution in [0.3, 0.4) is 0 Å². The van der Waals surface area contributed by atoms with Crippen LogP contribution in [0.1, 0.15) is 39.4 Å². The molecule has 3 nitrogen and oxygen atoms in total. The Morgan fingerprint density at radius 2 is 1.34 bits per heavy atom. The Kier molecular flexibility index (Phi) is 7.46. The van der Waals surface area contributed by atoms with E-state index in [0.29, 0.717) is 5.02 Å². The molecule has 0 saturated carbocycles. The summed E-state index contributed by atoms with van der Waals surface area (Å²) in [6.45, 7) is 1.94. The van der Waals surface area contributed by atoms with E-state index in [1.807, 2.05) is 97.9 Å². The number of benzene rings is 5. The van der Waals surface area contributed by atoms with E-state index in [0.717, 1.165) is 50.1 Å². The maximum absolute atomic E-state index is 13.9. The largest absolute Gasteiger partial charge is 0.241 e. The number of aryl methyl sites for hydroxylation is 1. The standard InChI is InChI=1S/C36H28ClNO2S/c1-25-16-22-30(23-17-25)41(39,40)38-36-32-15-9-8-14-31(32)34(28-12-6-3-7-13-28)35(36)33(27-10-4-2-5-11-27)24-26-18-20-29(37)21-19-26/h2-24,36,38H,1H3/b33-24+. The summed E-state index contributed by atoms with van der Waals surface area (Å²) in [5, 5.41) is 0.657. The summed E-state index contributed by atoms with van der Waals surface area (Å²) in [5.74, 6) is 0. The third-order valence-electron chi connectivity index (χ3n) is 7.32. The van der Waals surface area contributed by atoms with Gasteiger partial charge >= 0.3 is 0 Å². The number of halogens is 1. The molecule has 0 amide bonds. The Morgan fingerprint density at radius 1 is 0.732 bits per heavy atom. The van der Waals surface area contributed by atoms with Crippen molar-refractivity contribution in [2.24, 2.45) is 0 Å². The molecule has 0 saturated heterocycles. The van der Waals surface area contributed by atoms with Crippen LogP contribution in [0.5, 0.6) is 0 Å². The lowest BCUT2D eigenvalue weighted by Gasteiger charge is -2.22. The van der Waals surface area contributed by atoms with Crippen LogP contribution in [-0.4, -0.2) is 8.42 Å². The smallest absolute Gasteiger partial charge is 0.207 e. The third-order valence-corrected chi connectivity index (χ3v) is 9.01. The maximum atomic E-state index is 13.9. The molecule has 1 unspecified atom stereocenters. The molecule has 1 aliphatic rings. The topological polar surface area (TPSA) is 46.2 Å². The van der Waals surface area contributed by atoms with Gasteiger partial charge in [0.05, 0.1) is 10.9 Å². The molecule has 0 bridgehead atoms. The number of hydrogen-bond donors (Lipinski definition) is 1. The van der Waals surface area contributed by atoms with E-state index in [2.05, 4.69) is 41.1 Å². The number of sulfonamides is 1. The molecule has 0 radical (unpaired) electrons. The van der Waals surface area contributed by atoms with Gasteiger partial charge in [-0.15, -0.1) is 0 Å². The van der Waals surface area contributed by atoms with E-state index >= 15 is 0 Å². The fourth-order valence-corrected chi connectivity index (χ4v) is 6.66. The molecule has 1 N–H and O–H groups in total. The molecular formula is C36H28ClNO2S. The minimum absolute atomic E-state index is 0.232. The molecule has 5 heteroatoms. The second-order valence-corrected chi connectivity index (χ2v) is 12.2. The van der Waals surface area contributed by atoms with Crippen molar-refractivity contribution in [2.45, 2.75) is 17.9 Å². The van der Waals surface area contributed by atoms with Crippen LogP contribution in [0.15, 0.2) is 144 Å². The normalized spacial score (nSPS) is 15.2. The number of fused-ring (bicyclic) bond motifs is 1. The van der Waals surface area contributed by atoms with Crippen molar-refractivity contribution < 1.29 is 8.42 Å². The van der Waals surface area contributed by atoms with E-state index in [4.69, 9.17) is 11.6 Å². The Labute approximate surface area is 246 Å². The van der Waals surface area contributed by atoms with Crippen LogP contribution in [-0.2, 0) is 10.0 Å². The number of nitrogens with one attached hydrogen (secondary N) is 1. The molecule has 0 heterocycles. The van der Waals surface area contributed by atoms with E-state index < -0.39 is 16.1 Å². The van der Waals surface area contributed by atoms with Crippen molar-refractivity contribution in [1.82, 2.24) is 4.72 Å². The van der Waals surface area contributed by atoms with Crippen molar-refractivity contribution >= 4 is 38.8 Å². The highest BCUT2D eigenvalue weighted by Gasteiger charge is 2.37. The monoisotopic (exact) mass is 573 g/mol. The molecule has 202 valence electrons. The average molecular weight is 574 g/mol. The molecular weight excluding hydrogens is 546 g/mol. The first-order valence-corrected chi connectivity index (χ1v) is 15.3. The van der Waals surface area contributed by atoms with Gasteiger partial charge in [0, 0.05) is 5.02 Å². The quantitative estimate of drug-likeness (QED) is 0.198. The Balaban J connectivity index is 1.63. The van der Waals surface area contributed by atoms with Gasteiger partial charge in [0.1, 0.15) is 0 Å².